The molecule has 2 aliphatic rings. The van der Waals surface area contributed by atoms with Gasteiger partial charge in [0.25, 0.3) is 0 Å². The maximum atomic E-state index is 14.2. The normalized spacial score (nSPS) is 21.5. The van der Waals surface area contributed by atoms with Gasteiger partial charge in [0, 0.05) is 0 Å². The van der Waals surface area contributed by atoms with E-state index in [1.807, 2.05) is 6.07 Å². The molecule has 0 aliphatic carbocycles. The summed E-state index contributed by atoms with van der Waals surface area (Å²) >= 11 is 0. The smallest absolute Gasteiger partial charge is 0.356 e. The third kappa shape index (κ3) is 3.64. The molecular formula is C27H25N3O12. The molecule has 1 aromatic heterocycles. The van der Waals surface area contributed by atoms with Gasteiger partial charge in [-0.1, -0.05) is 12.1 Å². The number of benzene rings is 1. The van der Waals surface area contributed by atoms with Gasteiger partial charge in [-0.05, 0) is 12.1 Å². The monoisotopic (exact) mass is 583 g/mol. The number of carbonyl (C=O) groups excluding carboxylic acids is 6. The summed E-state index contributed by atoms with van der Waals surface area (Å²) in [6.07, 6.45) is 0. The molecule has 0 radical (unpaired) electrons. The van der Waals surface area contributed by atoms with Crippen LogP contribution in [-0.4, -0.2) is 89.1 Å². The lowest BCUT2D eigenvalue weighted by Crippen LogP contribution is -2.60. The average molecular weight is 584 g/mol. The molecule has 0 amide bonds. The van der Waals surface area contributed by atoms with Gasteiger partial charge in [-0.2, -0.15) is 5.26 Å². The number of hydrogen-bond donors (Lipinski definition) is 0. The number of hydrogen-bond acceptors (Lipinski definition) is 14. The van der Waals surface area contributed by atoms with E-state index in [4.69, 9.17) is 28.4 Å². The van der Waals surface area contributed by atoms with E-state index in [9.17, 15) is 34.0 Å². The predicted octanol–water partition coefficient (Wildman–Crippen LogP) is 0.244. The number of para-hydroxylation sites is 2. The number of esters is 6. The molecule has 0 bridgehead atoms. The lowest BCUT2D eigenvalue weighted by Gasteiger charge is -2.46. The average Bonchev–Trinajstić information content (AvgIpc) is 3.55. The summed E-state index contributed by atoms with van der Waals surface area (Å²) in [5, 5.41) is 10.5. The Morgan fingerprint density at radius 2 is 1.33 bits per heavy atom. The van der Waals surface area contributed by atoms with Crippen molar-refractivity contribution in [3.05, 3.63) is 46.8 Å². The molecular weight excluding hydrogens is 558 g/mol. The first-order chi connectivity index (χ1) is 20.1. The number of methoxy groups -OCH3 is 6. The van der Waals surface area contributed by atoms with E-state index < -0.39 is 81.7 Å². The van der Waals surface area contributed by atoms with Gasteiger partial charge < -0.3 is 37.9 Å². The molecule has 42 heavy (non-hydrogen) atoms. The molecule has 15 heteroatoms. The van der Waals surface area contributed by atoms with E-state index in [1.54, 1.807) is 0 Å². The fourth-order valence-electron chi connectivity index (χ4n) is 6.00. The highest BCUT2D eigenvalue weighted by molar-refractivity contribution is 6.10. The molecule has 1 aromatic carbocycles. The van der Waals surface area contributed by atoms with E-state index in [1.165, 1.54) is 24.3 Å². The lowest BCUT2D eigenvalue weighted by atomic mass is 9.74. The van der Waals surface area contributed by atoms with Crippen molar-refractivity contribution < 1.29 is 57.2 Å². The lowest BCUT2D eigenvalue weighted by molar-refractivity contribution is -0.165. The largest absolute Gasteiger partial charge is 0.469 e. The molecule has 15 nitrogen and oxygen atoms in total. The van der Waals surface area contributed by atoms with Gasteiger partial charge in [0.15, 0.2) is 5.54 Å². The van der Waals surface area contributed by atoms with Crippen molar-refractivity contribution in [1.82, 2.24) is 4.57 Å². The first kappa shape index (κ1) is 29.6. The highest BCUT2D eigenvalue weighted by atomic mass is 16.6. The topological polar surface area (TPSA) is 190 Å². The van der Waals surface area contributed by atoms with Crippen molar-refractivity contribution in [3.8, 4) is 11.8 Å². The first-order valence-electron chi connectivity index (χ1n) is 12.1. The number of fused-ring (bicyclic) bond motifs is 6. The Kier molecular flexibility index (Phi) is 7.67. The summed E-state index contributed by atoms with van der Waals surface area (Å²) < 4.78 is 31.1. The van der Waals surface area contributed by atoms with Crippen LogP contribution in [0.1, 0.15) is 32.1 Å². The summed E-state index contributed by atoms with van der Waals surface area (Å²) in [7, 11) is 6.04. The summed E-state index contributed by atoms with van der Waals surface area (Å²) in [4.78, 5) is 82.3. The highest BCUT2D eigenvalue weighted by Crippen LogP contribution is 2.59. The van der Waals surface area contributed by atoms with Crippen LogP contribution in [0.2, 0.25) is 0 Å². The van der Waals surface area contributed by atoms with E-state index in [-0.39, 0.29) is 11.4 Å². The summed E-state index contributed by atoms with van der Waals surface area (Å²) in [5.74, 6) is -10.6. The molecule has 1 fully saturated rings. The van der Waals surface area contributed by atoms with Crippen LogP contribution in [0.5, 0.6) is 0 Å². The van der Waals surface area contributed by atoms with Gasteiger partial charge in [0.1, 0.15) is 35.2 Å². The first-order valence-corrected chi connectivity index (χ1v) is 12.1. The molecule has 4 atom stereocenters. The van der Waals surface area contributed by atoms with E-state index in [0.29, 0.717) is 0 Å². The minimum atomic E-state index is -2.59. The standard InChI is InChI=1S/C27H25N3O12/c1-37-21(31)15-12(11-28)20-27(26(36)42-6)17(23(33)39-3)16(22(32)38-2)19(25(35)41-5)30(27)14-10-8-7-9-13(14)29(20)18(15)24(34)40-4/h7-10,16-17,19H,1-6H3/t16-,17-,19+,27-/m1/s1. The molecule has 0 N–H and O–H groups in total. The summed E-state index contributed by atoms with van der Waals surface area (Å²) in [5.41, 5.74) is -4.65. The number of nitriles is 1. The van der Waals surface area contributed by atoms with Crippen LogP contribution in [0.3, 0.4) is 0 Å². The van der Waals surface area contributed by atoms with Gasteiger partial charge in [0.05, 0.1) is 65.3 Å². The Morgan fingerprint density at radius 3 is 1.83 bits per heavy atom. The van der Waals surface area contributed by atoms with Gasteiger partial charge in [-0.15, -0.1) is 0 Å². The zero-order valence-electron chi connectivity index (χ0n) is 23.3. The minimum Gasteiger partial charge on any atom is -0.469 e. The van der Waals surface area contributed by atoms with Gasteiger partial charge in [-0.3, -0.25) is 9.59 Å². The van der Waals surface area contributed by atoms with E-state index >= 15 is 0 Å². The van der Waals surface area contributed by atoms with Crippen molar-refractivity contribution in [2.45, 2.75) is 11.6 Å². The molecule has 2 aliphatic heterocycles. The van der Waals surface area contributed by atoms with Gasteiger partial charge in [0.2, 0.25) is 0 Å². The minimum absolute atomic E-state index is 0.0205. The second kappa shape index (κ2) is 10.9. The van der Waals surface area contributed by atoms with Crippen molar-refractivity contribution >= 4 is 41.5 Å². The number of anilines is 1. The number of carbonyl (C=O) groups is 6. The maximum Gasteiger partial charge on any atom is 0.356 e. The van der Waals surface area contributed by atoms with Gasteiger partial charge in [-0.25, -0.2) is 19.2 Å². The Labute approximate surface area is 238 Å². The quantitative estimate of drug-likeness (QED) is 0.332. The van der Waals surface area contributed by atoms with Crippen LogP contribution in [0.25, 0.3) is 5.69 Å². The van der Waals surface area contributed by atoms with Crippen LogP contribution in [0, 0.1) is 23.2 Å². The third-order valence-electron chi connectivity index (χ3n) is 7.47. The Bertz CT molecular complexity index is 1570. The molecule has 0 unspecified atom stereocenters. The van der Waals surface area contributed by atoms with Crippen LogP contribution < -0.4 is 4.90 Å². The second-order valence-corrected chi connectivity index (χ2v) is 9.01. The number of rotatable bonds is 6. The van der Waals surface area contributed by atoms with Crippen LogP contribution in [0.4, 0.5) is 5.69 Å². The summed E-state index contributed by atoms with van der Waals surface area (Å²) in [6.45, 7) is 0. The van der Waals surface area contributed by atoms with Crippen molar-refractivity contribution in [2.75, 3.05) is 47.6 Å². The van der Waals surface area contributed by atoms with Crippen molar-refractivity contribution in [3.63, 3.8) is 0 Å². The van der Waals surface area contributed by atoms with E-state index in [0.717, 1.165) is 52.1 Å². The Hall–Kier alpha value is -5.39. The fourth-order valence-corrected chi connectivity index (χ4v) is 6.00. The van der Waals surface area contributed by atoms with Crippen molar-refractivity contribution in [2.24, 2.45) is 11.8 Å². The summed E-state index contributed by atoms with van der Waals surface area (Å²) in [6, 6.07) is 6.05. The second-order valence-electron chi connectivity index (χ2n) is 9.01. The molecule has 220 valence electrons. The fraction of sp³-hybridized carbons (Fsp3) is 0.370. The maximum absolute atomic E-state index is 14.2. The highest BCUT2D eigenvalue weighted by Gasteiger charge is 2.75. The van der Waals surface area contributed by atoms with Crippen LogP contribution in [-0.2, 0) is 53.1 Å². The van der Waals surface area contributed by atoms with Gasteiger partial charge >= 0.3 is 35.8 Å². The molecule has 2 aromatic rings. The number of nitrogens with zero attached hydrogens (tertiary/aromatic N) is 3. The zero-order valence-corrected chi connectivity index (χ0v) is 23.3. The van der Waals surface area contributed by atoms with Crippen LogP contribution in [0.15, 0.2) is 24.3 Å². The van der Waals surface area contributed by atoms with Crippen LogP contribution >= 0.6 is 0 Å². The number of ether oxygens (including phenoxy) is 6. The van der Waals surface area contributed by atoms with E-state index in [2.05, 4.69) is 0 Å². The molecule has 3 heterocycles. The number of aromatic nitrogens is 1. The Balaban J connectivity index is 2.40. The Morgan fingerprint density at radius 1 is 0.762 bits per heavy atom. The zero-order chi connectivity index (χ0) is 31.1. The predicted molar refractivity (Wildman–Crippen MR) is 136 cm³/mol. The molecule has 4 rings (SSSR count). The molecule has 1 saturated heterocycles. The molecule has 0 spiro atoms. The SMILES string of the molecule is COC(=O)c1c(C#N)c2n(c1C(=O)OC)-c1ccccc1N1[C@H](C(=O)OC)[C@H](C(=O)OC)[C@H](C(=O)OC)[C@]21C(=O)OC. The molecule has 0 saturated carbocycles. The third-order valence-corrected chi connectivity index (χ3v) is 7.47. The van der Waals surface area contributed by atoms with Crippen molar-refractivity contribution in [1.29, 1.82) is 5.26 Å².